The number of nitrogens with two attached hydrogens (primary N) is 1. The van der Waals surface area contributed by atoms with E-state index in [9.17, 15) is 4.79 Å². The first-order valence-corrected chi connectivity index (χ1v) is 9.19. The van der Waals surface area contributed by atoms with Gasteiger partial charge in [-0.3, -0.25) is 9.79 Å². The Morgan fingerprint density at radius 3 is 2.61 bits per heavy atom. The van der Waals surface area contributed by atoms with Crippen LogP contribution in [0.5, 0.6) is 0 Å². The van der Waals surface area contributed by atoms with E-state index in [0.29, 0.717) is 18.9 Å². The minimum absolute atomic E-state index is 0. The third-order valence-corrected chi connectivity index (χ3v) is 5.04. The lowest BCUT2D eigenvalue weighted by atomic mass is 9.97. The van der Waals surface area contributed by atoms with Gasteiger partial charge in [0.15, 0.2) is 5.96 Å². The largest absolute Gasteiger partial charge is 0.370 e. The summed E-state index contributed by atoms with van der Waals surface area (Å²) in [5.41, 5.74) is 8.13. The van der Waals surface area contributed by atoms with Gasteiger partial charge >= 0.3 is 0 Å². The van der Waals surface area contributed by atoms with Gasteiger partial charge in [-0.25, -0.2) is 9.97 Å². The molecule has 0 aliphatic carbocycles. The van der Waals surface area contributed by atoms with Crippen molar-refractivity contribution in [2.45, 2.75) is 12.3 Å². The van der Waals surface area contributed by atoms with Crippen LogP contribution < -0.4 is 16.0 Å². The Morgan fingerprint density at radius 1 is 1.14 bits per heavy atom. The van der Waals surface area contributed by atoms with E-state index in [1.807, 2.05) is 30.3 Å². The Balaban J connectivity index is 0.00000225. The summed E-state index contributed by atoms with van der Waals surface area (Å²) in [6.07, 6.45) is 4.16. The molecular formula is C19H24IN7O. The van der Waals surface area contributed by atoms with Crippen LogP contribution in [0, 0.1) is 0 Å². The zero-order valence-electron chi connectivity index (χ0n) is 15.5. The molecule has 2 aliphatic rings. The minimum atomic E-state index is -0.148. The fourth-order valence-electron chi connectivity index (χ4n) is 3.56. The molecule has 0 radical (unpaired) electrons. The number of benzene rings is 1. The Morgan fingerprint density at radius 2 is 1.86 bits per heavy atom. The van der Waals surface area contributed by atoms with Gasteiger partial charge in [0, 0.05) is 50.8 Å². The predicted molar refractivity (Wildman–Crippen MR) is 120 cm³/mol. The zero-order chi connectivity index (χ0) is 18.6. The molecule has 4 rings (SSSR count). The molecule has 28 heavy (non-hydrogen) atoms. The second-order valence-corrected chi connectivity index (χ2v) is 6.68. The quantitative estimate of drug-likeness (QED) is 0.382. The Hall–Kier alpha value is -2.43. The first-order valence-electron chi connectivity index (χ1n) is 9.19. The van der Waals surface area contributed by atoms with Gasteiger partial charge in [-0.15, -0.1) is 24.0 Å². The third kappa shape index (κ3) is 4.34. The lowest BCUT2D eigenvalue weighted by Crippen LogP contribution is -2.51. The highest BCUT2D eigenvalue weighted by Crippen LogP contribution is 2.34. The first kappa shape index (κ1) is 20.3. The standard InChI is InChI=1S/C19H23N7O.HI/c20-18(25-10-12-26(13-11-25)19-22-7-3-8-23-19)21-9-6-15-14-4-1-2-5-16(14)24-17(15)27;/h1-5,7-8,15H,6,9-13H2,(H2,20,21)(H,24,27);1H. The molecule has 1 aromatic heterocycles. The number of piperazine rings is 1. The maximum absolute atomic E-state index is 12.2. The SMILES string of the molecule is I.NC(=NCCC1C(=O)Nc2ccccc21)N1CCN(c2ncccn2)CC1. The molecule has 0 bridgehead atoms. The van der Waals surface area contributed by atoms with E-state index < -0.39 is 0 Å². The lowest BCUT2D eigenvalue weighted by Gasteiger charge is -2.35. The average Bonchev–Trinajstić information content (AvgIpc) is 3.04. The zero-order valence-corrected chi connectivity index (χ0v) is 17.8. The predicted octanol–water partition coefficient (Wildman–Crippen LogP) is 1.66. The molecule has 8 nitrogen and oxygen atoms in total. The number of aliphatic imine (C=N–C) groups is 1. The number of fused-ring (bicyclic) bond motifs is 1. The van der Waals surface area contributed by atoms with Gasteiger partial charge in [0.1, 0.15) is 0 Å². The molecule has 1 atom stereocenters. The monoisotopic (exact) mass is 493 g/mol. The molecule has 1 amide bonds. The molecule has 2 aliphatic heterocycles. The summed E-state index contributed by atoms with van der Waals surface area (Å²) >= 11 is 0. The summed E-state index contributed by atoms with van der Waals surface area (Å²) in [6.45, 7) is 3.69. The number of nitrogens with zero attached hydrogens (tertiary/aromatic N) is 5. The number of carbonyl (C=O) groups is 1. The second kappa shape index (κ2) is 9.18. The average molecular weight is 493 g/mol. The molecule has 9 heteroatoms. The Kier molecular flexibility index (Phi) is 6.65. The maximum Gasteiger partial charge on any atom is 0.232 e. The van der Waals surface area contributed by atoms with Crippen LogP contribution in [0.2, 0.25) is 0 Å². The van der Waals surface area contributed by atoms with Crippen molar-refractivity contribution in [1.82, 2.24) is 14.9 Å². The fourth-order valence-corrected chi connectivity index (χ4v) is 3.56. The van der Waals surface area contributed by atoms with E-state index in [2.05, 4.69) is 30.1 Å². The van der Waals surface area contributed by atoms with Gasteiger partial charge in [-0.2, -0.15) is 0 Å². The summed E-state index contributed by atoms with van der Waals surface area (Å²) in [7, 11) is 0. The van der Waals surface area contributed by atoms with Crippen molar-refractivity contribution in [3.05, 3.63) is 48.3 Å². The van der Waals surface area contributed by atoms with Gasteiger partial charge in [-0.05, 0) is 24.1 Å². The van der Waals surface area contributed by atoms with Gasteiger partial charge in [0.05, 0.1) is 5.92 Å². The number of halogens is 1. The van der Waals surface area contributed by atoms with Crippen LogP contribution in [0.25, 0.3) is 0 Å². The van der Waals surface area contributed by atoms with Gasteiger partial charge < -0.3 is 20.9 Å². The van der Waals surface area contributed by atoms with Crippen molar-refractivity contribution in [3.63, 3.8) is 0 Å². The van der Waals surface area contributed by atoms with Crippen LogP contribution in [-0.4, -0.2) is 59.5 Å². The van der Waals surface area contributed by atoms with E-state index in [1.165, 1.54) is 0 Å². The van der Waals surface area contributed by atoms with Crippen molar-refractivity contribution < 1.29 is 4.79 Å². The third-order valence-electron chi connectivity index (χ3n) is 5.04. The Labute approximate surface area is 181 Å². The summed E-state index contributed by atoms with van der Waals surface area (Å²) in [5, 5.41) is 2.92. The molecule has 148 valence electrons. The molecule has 1 fully saturated rings. The number of hydrogen-bond donors (Lipinski definition) is 2. The molecule has 1 unspecified atom stereocenters. The normalized spacial score (nSPS) is 19.1. The Bertz CT molecular complexity index is 837. The molecular weight excluding hydrogens is 469 g/mol. The molecule has 1 saturated heterocycles. The van der Waals surface area contributed by atoms with E-state index in [1.54, 1.807) is 12.4 Å². The number of rotatable bonds is 4. The van der Waals surface area contributed by atoms with Crippen LogP contribution in [0.1, 0.15) is 17.9 Å². The number of nitrogens with one attached hydrogen (secondary N) is 1. The number of aromatic nitrogens is 2. The number of hydrogen-bond acceptors (Lipinski definition) is 5. The van der Waals surface area contributed by atoms with E-state index >= 15 is 0 Å². The first-order chi connectivity index (χ1) is 13.2. The topological polar surface area (TPSA) is 99.7 Å². The molecule has 0 spiro atoms. The molecule has 3 heterocycles. The van der Waals surface area contributed by atoms with Crippen LogP contribution in [0.3, 0.4) is 0 Å². The van der Waals surface area contributed by atoms with Crippen LogP contribution in [-0.2, 0) is 4.79 Å². The van der Waals surface area contributed by atoms with Gasteiger partial charge in [-0.1, -0.05) is 18.2 Å². The van der Waals surface area contributed by atoms with Crippen molar-refractivity contribution >= 4 is 47.5 Å². The number of para-hydroxylation sites is 1. The molecule has 2 aromatic rings. The number of amides is 1. The van der Waals surface area contributed by atoms with E-state index in [0.717, 1.165) is 43.4 Å². The smallest absolute Gasteiger partial charge is 0.232 e. The maximum atomic E-state index is 12.2. The fraction of sp³-hybridized carbons (Fsp3) is 0.368. The van der Waals surface area contributed by atoms with Crippen molar-refractivity contribution in [1.29, 1.82) is 0 Å². The second-order valence-electron chi connectivity index (χ2n) is 6.68. The lowest BCUT2D eigenvalue weighted by molar-refractivity contribution is -0.117. The summed E-state index contributed by atoms with van der Waals surface area (Å²) in [4.78, 5) is 29.5. The van der Waals surface area contributed by atoms with Crippen LogP contribution >= 0.6 is 24.0 Å². The number of carbonyl (C=O) groups excluding carboxylic acids is 1. The summed E-state index contributed by atoms with van der Waals surface area (Å²) in [5.74, 6) is 1.18. The summed E-state index contributed by atoms with van der Waals surface area (Å²) < 4.78 is 0. The van der Waals surface area contributed by atoms with Crippen LogP contribution in [0.4, 0.5) is 11.6 Å². The number of anilines is 2. The molecule has 1 aromatic carbocycles. The summed E-state index contributed by atoms with van der Waals surface area (Å²) in [6, 6.07) is 9.63. The van der Waals surface area contributed by atoms with Crippen molar-refractivity contribution in [3.8, 4) is 0 Å². The number of guanidine groups is 1. The van der Waals surface area contributed by atoms with Crippen LogP contribution in [0.15, 0.2) is 47.7 Å². The highest BCUT2D eigenvalue weighted by atomic mass is 127. The highest BCUT2D eigenvalue weighted by molar-refractivity contribution is 14.0. The molecule has 3 N–H and O–H groups in total. The van der Waals surface area contributed by atoms with E-state index in [-0.39, 0.29) is 35.8 Å². The van der Waals surface area contributed by atoms with E-state index in [4.69, 9.17) is 5.73 Å². The van der Waals surface area contributed by atoms with Gasteiger partial charge in [0.2, 0.25) is 11.9 Å². The van der Waals surface area contributed by atoms with Gasteiger partial charge in [0.25, 0.3) is 0 Å². The van der Waals surface area contributed by atoms with Crippen molar-refractivity contribution in [2.75, 3.05) is 42.9 Å². The minimum Gasteiger partial charge on any atom is -0.370 e. The highest BCUT2D eigenvalue weighted by Gasteiger charge is 2.29. The van der Waals surface area contributed by atoms with Crippen molar-refractivity contribution in [2.24, 2.45) is 10.7 Å². The molecule has 0 saturated carbocycles.